The molecule has 0 radical (unpaired) electrons. The molecular formula is C24H22N4O3S2. The standard InChI is InChI=1S/C24H22N4O3S2/c1-12-13(2)32-24-21(12)22(25-18(10-20(30)31)23-27-26-14(3)28(23)24)16-6-4-15(5-7-16)19-9-8-17(11-29)33-19/h4-9,18,29H,10-11H2,1-3H3,(H,30,31)/t18-/m0/s1. The van der Waals surface area contributed by atoms with Crippen LogP contribution in [0.25, 0.3) is 15.4 Å². The van der Waals surface area contributed by atoms with E-state index in [-0.39, 0.29) is 13.0 Å². The van der Waals surface area contributed by atoms with Crippen molar-refractivity contribution < 1.29 is 15.0 Å². The first kappa shape index (κ1) is 21.7. The first-order valence-electron chi connectivity index (χ1n) is 10.5. The predicted octanol–water partition coefficient (Wildman–Crippen LogP) is 4.84. The minimum absolute atomic E-state index is 0.0349. The van der Waals surface area contributed by atoms with Crippen LogP contribution >= 0.6 is 22.7 Å². The molecule has 0 fully saturated rings. The predicted molar refractivity (Wildman–Crippen MR) is 130 cm³/mol. The number of aliphatic hydroxyl groups excluding tert-OH is 1. The number of rotatable bonds is 5. The van der Waals surface area contributed by atoms with Crippen molar-refractivity contribution in [1.29, 1.82) is 0 Å². The van der Waals surface area contributed by atoms with Gasteiger partial charge in [0.05, 0.1) is 18.7 Å². The zero-order valence-electron chi connectivity index (χ0n) is 18.4. The van der Waals surface area contributed by atoms with Crippen LogP contribution in [0.3, 0.4) is 0 Å². The van der Waals surface area contributed by atoms with Gasteiger partial charge < -0.3 is 10.2 Å². The highest BCUT2D eigenvalue weighted by Gasteiger charge is 2.32. The second kappa shape index (κ2) is 8.33. The monoisotopic (exact) mass is 478 g/mol. The highest BCUT2D eigenvalue weighted by atomic mass is 32.1. The van der Waals surface area contributed by atoms with Gasteiger partial charge in [0, 0.05) is 25.8 Å². The van der Waals surface area contributed by atoms with Crippen molar-refractivity contribution in [3.63, 3.8) is 0 Å². The molecule has 0 amide bonds. The van der Waals surface area contributed by atoms with Gasteiger partial charge in [0.2, 0.25) is 0 Å². The van der Waals surface area contributed by atoms with Crippen LogP contribution in [0.15, 0.2) is 41.4 Å². The molecule has 2 N–H and O–H groups in total. The summed E-state index contributed by atoms with van der Waals surface area (Å²) >= 11 is 3.21. The van der Waals surface area contributed by atoms with Crippen LogP contribution in [0.5, 0.6) is 0 Å². The van der Waals surface area contributed by atoms with E-state index in [9.17, 15) is 15.0 Å². The van der Waals surface area contributed by atoms with Gasteiger partial charge in [-0.3, -0.25) is 14.4 Å². The molecule has 1 aliphatic heterocycles. The molecule has 3 aromatic heterocycles. The van der Waals surface area contributed by atoms with Crippen molar-refractivity contribution in [2.45, 2.75) is 39.8 Å². The maximum Gasteiger partial charge on any atom is 0.306 e. The van der Waals surface area contributed by atoms with Crippen molar-refractivity contribution in [3.05, 3.63) is 74.5 Å². The number of thiophene rings is 2. The fraction of sp³-hybridized carbons (Fsp3) is 0.250. The number of hydrogen-bond acceptors (Lipinski definition) is 7. The lowest BCUT2D eigenvalue weighted by atomic mass is 9.98. The zero-order chi connectivity index (χ0) is 23.3. The molecule has 168 valence electrons. The van der Waals surface area contributed by atoms with E-state index in [1.54, 1.807) is 22.7 Å². The van der Waals surface area contributed by atoms with Crippen LogP contribution in [0.2, 0.25) is 0 Å². The van der Waals surface area contributed by atoms with Crippen LogP contribution in [0, 0.1) is 20.8 Å². The molecule has 0 unspecified atom stereocenters. The number of aliphatic carboxylic acids is 1. The fourth-order valence-electron chi connectivity index (χ4n) is 4.10. The second-order valence-corrected chi connectivity index (χ2v) is 10.4. The van der Waals surface area contributed by atoms with Gasteiger partial charge in [-0.05, 0) is 44.0 Å². The van der Waals surface area contributed by atoms with Gasteiger partial charge >= 0.3 is 5.97 Å². The number of carboxylic acid groups (broad SMARTS) is 1. The summed E-state index contributed by atoms with van der Waals surface area (Å²) in [6.07, 6.45) is -0.161. The highest BCUT2D eigenvalue weighted by Crippen LogP contribution is 2.39. The third-order valence-electron chi connectivity index (χ3n) is 5.87. The van der Waals surface area contributed by atoms with Gasteiger partial charge in [-0.15, -0.1) is 32.9 Å². The number of hydrogen-bond donors (Lipinski definition) is 2. The molecule has 1 aromatic carbocycles. The number of carboxylic acids is 1. The third-order valence-corrected chi connectivity index (χ3v) is 8.18. The lowest BCUT2D eigenvalue weighted by Crippen LogP contribution is -2.10. The minimum Gasteiger partial charge on any atom is -0.481 e. The highest BCUT2D eigenvalue weighted by molar-refractivity contribution is 7.15. The van der Waals surface area contributed by atoms with Crippen LogP contribution < -0.4 is 0 Å². The van der Waals surface area contributed by atoms with E-state index in [1.807, 2.05) is 47.9 Å². The summed E-state index contributed by atoms with van der Waals surface area (Å²) in [5.74, 6) is 0.340. The first-order chi connectivity index (χ1) is 15.9. The van der Waals surface area contributed by atoms with E-state index in [1.165, 1.54) is 4.88 Å². The van der Waals surface area contributed by atoms with Crippen LogP contribution in [0.1, 0.15) is 50.6 Å². The fourth-order valence-corrected chi connectivity index (χ4v) is 6.19. The maximum absolute atomic E-state index is 11.7. The van der Waals surface area contributed by atoms with Crippen molar-refractivity contribution in [2.24, 2.45) is 4.99 Å². The van der Waals surface area contributed by atoms with E-state index in [4.69, 9.17) is 4.99 Å². The average Bonchev–Trinajstić information content (AvgIpc) is 3.47. The van der Waals surface area contributed by atoms with Crippen molar-refractivity contribution in [2.75, 3.05) is 0 Å². The Kier molecular flexibility index (Phi) is 5.48. The molecule has 0 aliphatic carbocycles. The SMILES string of the molecule is Cc1sc2c(c1C)C(c1ccc(-c3ccc(CO)s3)cc1)=N[C@@H](CC(=O)O)c1nnc(C)n1-2. The summed E-state index contributed by atoms with van der Waals surface area (Å²) < 4.78 is 1.96. The van der Waals surface area contributed by atoms with E-state index >= 15 is 0 Å². The average molecular weight is 479 g/mol. The molecule has 4 aromatic rings. The Hall–Kier alpha value is -3.14. The normalized spacial score (nSPS) is 15.0. The summed E-state index contributed by atoms with van der Waals surface area (Å²) in [6.45, 7) is 6.07. The molecule has 0 saturated heterocycles. The number of benzene rings is 1. The topological polar surface area (TPSA) is 101 Å². The molecular weight excluding hydrogens is 456 g/mol. The molecule has 0 saturated carbocycles. The Morgan fingerprint density at radius 2 is 1.76 bits per heavy atom. The molecule has 1 aliphatic rings. The molecule has 5 rings (SSSR count). The summed E-state index contributed by atoms with van der Waals surface area (Å²) in [7, 11) is 0. The Bertz CT molecular complexity index is 1400. The van der Waals surface area contributed by atoms with Crippen LogP contribution in [-0.2, 0) is 11.4 Å². The zero-order valence-corrected chi connectivity index (χ0v) is 20.0. The lowest BCUT2D eigenvalue weighted by molar-refractivity contribution is -0.137. The number of aryl methyl sites for hydroxylation is 2. The number of nitrogens with zero attached hydrogens (tertiary/aromatic N) is 4. The number of aliphatic imine (C=N–C) groups is 1. The minimum atomic E-state index is -0.929. The summed E-state index contributed by atoms with van der Waals surface area (Å²) in [6, 6.07) is 11.4. The van der Waals surface area contributed by atoms with Gasteiger partial charge in [-0.1, -0.05) is 24.3 Å². The smallest absolute Gasteiger partial charge is 0.306 e. The van der Waals surface area contributed by atoms with Gasteiger partial charge in [0.25, 0.3) is 0 Å². The molecule has 4 heterocycles. The van der Waals surface area contributed by atoms with Crippen molar-refractivity contribution in [3.8, 4) is 15.4 Å². The molecule has 9 heteroatoms. The van der Waals surface area contributed by atoms with E-state index < -0.39 is 12.0 Å². The second-order valence-electron chi connectivity index (χ2n) is 8.00. The van der Waals surface area contributed by atoms with Crippen molar-refractivity contribution in [1.82, 2.24) is 14.8 Å². The van der Waals surface area contributed by atoms with Gasteiger partial charge in [-0.2, -0.15) is 0 Å². The quantitative estimate of drug-likeness (QED) is 0.427. The van der Waals surface area contributed by atoms with Crippen LogP contribution in [-0.4, -0.2) is 36.7 Å². The van der Waals surface area contributed by atoms with E-state index in [0.717, 1.165) is 42.7 Å². The van der Waals surface area contributed by atoms with E-state index in [0.29, 0.717) is 11.6 Å². The Morgan fingerprint density at radius 1 is 1.03 bits per heavy atom. The maximum atomic E-state index is 11.7. The summed E-state index contributed by atoms with van der Waals surface area (Å²) in [5, 5.41) is 28.4. The number of aliphatic hydroxyl groups is 1. The molecule has 33 heavy (non-hydrogen) atoms. The van der Waals surface area contributed by atoms with Gasteiger partial charge in [0.15, 0.2) is 5.82 Å². The number of fused-ring (bicyclic) bond motifs is 3. The molecule has 0 bridgehead atoms. The lowest BCUT2D eigenvalue weighted by Gasteiger charge is -2.11. The summed E-state index contributed by atoms with van der Waals surface area (Å²) in [4.78, 5) is 19.8. The van der Waals surface area contributed by atoms with Gasteiger partial charge in [0.1, 0.15) is 16.9 Å². The summed E-state index contributed by atoms with van der Waals surface area (Å²) in [5.41, 5.74) is 4.88. The molecule has 7 nitrogen and oxygen atoms in total. The van der Waals surface area contributed by atoms with Gasteiger partial charge in [-0.25, -0.2) is 0 Å². The Balaban J connectivity index is 1.67. The van der Waals surface area contributed by atoms with E-state index in [2.05, 4.69) is 24.0 Å². The number of carbonyl (C=O) groups is 1. The first-order valence-corrected chi connectivity index (χ1v) is 12.1. The molecule has 1 atom stereocenters. The molecule has 0 spiro atoms. The third kappa shape index (κ3) is 3.72. The Morgan fingerprint density at radius 3 is 2.42 bits per heavy atom. The number of aromatic nitrogens is 3. The van der Waals surface area contributed by atoms with Crippen LogP contribution in [0.4, 0.5) is 0 Å². The largest absolute Gasteiger partial charge is 0.481 e. The Labute approximate surface area is 198 Å². The van der Waals surface area contributed by atoms with Crippen molar-refractivity contribution >= 4 is 34.4 Å².